The lowest BCUT2D eigenvalue weighted by atomic mass is 9.44. The van der Waals surface area contributed by atoms with Crippen molar-refractivity contribution in [1.29, 1.82) is 0 Å². The molecular weight excluding hydrogens is 560 g/mol. The van der Waals surface area contributed by atoms with Crippen LogP contribution >= 0.6 is 0 Å². The van der Waals surface area contributed by atoms with Gasteiger partial charge in [-0.25, -0.2) is 10.7 Å². The molecule has 0 bridgehead atoms. The summed E-state index contributed by atoms with van der Waals surface area (Å²) in [6.07, 6.45) is 14.5. The smallest absolute Gasteiger partial charge is 0.328 e. The largest absolute Gasteiger partial charge is 0.480 e. The first-order valence-electron chi connectivity index (χ1n) is 17.4. The van der Waals surface area contributed by atoms with Gasteiger partial charge in [0.15, 0.2) is 6.04 Å². The SMILES string of the molecule is CNC(CCCCNC(=O)CCC(C)C1CCC2C3CC[C@H]4C[C@@H](O)CC[C@@]4(C)C3CC[C@@]12C)C(=O)NC(CON)C(=O)O. The van der Waals surface area contributed by atoms with Crippen molar-refractivity contribution in [3.63, 3.8) is 0 Å². The molecule has 4 rings (SSSR count). The molecule has 4 saturated carbocycles. The summed E-state index contributed by atoms with van der Waals surface area (Å²) in [7, 11) is 1.66. The molecule has 0 aromatic rings. The summed E-state index contributed by atoms with van der Waals surface area (Å²) in [5, 5.41) is 28.0. The van der Waals surface area contributed by atoms with E-state index in [1.165, 1.54) is 44.9 Å². The number of aliphatic hydroxyl groups is 1. The van der Waals surface area contributed by atoms with E-state index in [4.69, 9.17) is 5.90 Å². The van der Waals surface area contributed by atoms with E-state index in [1.54, 1.807) is 7.05 Å². The molecule has 0 aromatic carbocycles. The van der Waals surface area contributed by atoms with E-state index < -0.39 is 24.0 Å². The zero-order valence-electron chi connectivity index (χ0n) is 27.6. The number of hydrogen-bond acceptors (Lipinski definition) is 7. The van der Waals surface area contributed by atoms with Crippen LogP contribution in [0, 0.1) is 46.3 Å². The van der Waals surface area contributed by atoms with Crippen LogP contribution in [0.5, 0.6) is 0 Å². The standard InChI is InChI=1S/C34H60N4O6/c1-21(8-13-30(40)37-18-6-5-7-28(36-4)31(41)38-29(20-44-35)32(42)43)25-11-12-26-24-10-9-22-19-23(39)14-16-33(22,2)27(24)15-17-34(25,26)3/h21-29,36,39H,5-20,35H2,1-4H3,(H,37,40)(H,38,41)(H,42,43)/t21?,22-,23-,24?,25?,26?,27?,28?,29?,33+,34-/m0/s1. The molecule has 2 amide bonds. The lowest BCUT2D eigenvalue weighted by Gasteiger charge is -2.61. The quantitative estimate of drug-likeness (QED) is 0.119. The average Bonchev–Trinajstić information content (AvgIpc) is 3.35. The summed E-state index contributed by atoms with van der Waals surface area (Å²) in [6.45, 7) is 7.76. The minimum absolute atomic E-state index is 0.0884. The number of fused-ring (bicyclic) bond motifs is 5. The number of carbonyl (C=O) groups is 3. The molecule has 10 nitrogen and oxygen atoms in total. The number of nitrogens with one attached hydrogen (secondary N) is 3. The maximum Gasteiger partial charge on any atom is 0.328 e. The predicted octanol–water partition coefficient (Wildman–Crippen LogP) is 3.76. The highest BCUT2D eigenvalue weighted by Crippen LogP contribution is 2.68. The van der Waals surface area contributed by atoms with E-state index in [1.807, 2.05) is 0 Å². The molecule has 0 radical (unpaired) electrons. The van der Waals surface area contributed by atoms with Gasteiger partial charge in [0.1, 0.15) is 0 Å². The molecular formula is C34H60N4O6. The monoisotopic (exact) mass is 620 g/mol. The van der Waals surface area contributed by atoms with Crippen LogP contribution in [0.15, 0.2) is 0 Å². The summed E-state index contributed by atoms with van der Waals surface area (Å²) in [5.41, 5.74) is 0.793. The lowest BCUT2D eigenvalue weighted by molar-refractivity contribution is -0.144. The van der Waals surface area contributed by atoms with E-state index in [0.29, 0.717) is 54.4 Å². The molecule has 252 valence electrons. The lowest BCUT2D eigenvalue weighted by Crippen LogP contribution is -2.54. The number of carbonyl (C=O) groups excluding carboxylic acids is 2. The third-order valence-electron chi connectivity index (χ3n) is 13.0. The number of rotatable bonds is 15. The minimum atomic E-state index is -1.21. The topological polar surface area (TPSA) is 163 Å². The van der Waals surface area contributed by atoms with Crippen molar-refractivity contribution >= 4 is 17.8 Å². The molecule has 0 saturated heterocycles. The Kier molecular flexibility index (Phi) is 12.1. The number of unbranched alkanes of at least 4 members (excludes halogenated alkanes) is 1. The fourth-order valence-corrected chi connectivity index (χ4v) is 10.5. The highest BCUT2D eigenvalue weighted by Gasteiger charge is 2.60. The number of aliphatic carboxylic acids is 1. The van der Waals surface area contributed by atoms with Crippen molar-refractivity contribution in [2.45, 2.75) is 129 Å². The van der Waals surface area contributed by atoms with Gasteiger partial charge in [-0.15, -0.1) is 0 Å². The molecule has 10 heteroatoms. The Balaban J connectivity index is 1.17. The summed E-state index contributed by atoms with van der Waals surface area (Å²) >= 11 is 0. The van der Waals surface area contributed by atoms with Gasteiger partial charge in [0.2, 0.25) is 11.8 Å². The number of aliphatic hydroxyl groups excluding tert-OH is 1. The van der Waals surface area contributed by atoms with E-state index in [2.05, 4.69) is 41.6 Å². The van der Waals surface area contributed by atoms with Gasteiger partial charge >= 0.3 is 5.97 Å². The number of carboxylic acid groups (broad SMARTS) is 1. The molecule has 7 N–H and O–H groups in total. The molecule has 0 aliphatic heterocycles. The Labute approximate surface area is 264 Å². The van der Waals surface area contributed by atoms with Gasteiger partial charge in [0.25, 0.3) is 0 Å². The van der Waals surface area contributed by atoms with Gasteiger partial charge < -0.3 is 31.0 Å². The molecule has 4 aliphatic rings. The van der Waals surface area contributed by atoms with Crippen LogP contribution in [0.1, 0.15) is 111 Å². The number of hydrogen-bond donors (Lipinski definition) is 6. The molecule has 4 fully saturated rings. The number of carboxylic acids is 1. The van der Waals surface area contributed by atoms with Gasteiger partial charge in [-0.2, -0.15) is 0 Å². The van der Waals surface area contributed by atoms with Crippen molar-refractivity contribution in [1.82, 2.24) is 16.0 Å². The van der Waals surface area contributed by atoms with Crippen LogP contribution in [0.2, 0.25) is 0 Å². The first kappa shape index (κ1) is 35.1. The van der Waals surface area contributed by atoms with Crippen LogP contribution in [0.3, 0.4) is 0 Å². The maximum absolute atomic E-state index is 12.7. The molecule has 44 heavy (non-hydrogen) atoms. The third kappa shape index (κ3) is 7.61. The van der Waals surface area contributed by atoms with E-state index in [9.17, 15) is 24.6 Å². The zero-order valence-corrected chi connectivity index (χ0v) is 27.6. The minimum Gasteiger partial charge on any atom is -0.480 e. The van der Waals surface area contributed by atoms with Crippen molar-refractivity contribution in [2.75, 3.05) is 20.2 Å². The molecule has 7 unspecified atom stereocenters. The Morgan fingerprint density at radius 1 is 0.955 bits per heavy atom. The first-order chi connectivity index (χ1) is 20.9. The average molecular weight is 621 g/mol. The van der Waals surface area contributed by atoms with Crippen LogP contribution in [-0.4, -0.2) is 66.4 Å². The van der Waals surface area contributed by atoms with E-state index in [0.717, 1.165) is 43.4 Å². The van der Waals surface area contributed by atoms with Crippen molar-refractivity contribution in [3.05, 3.63) is 0 Å². The van der Waals surface area contributed by atoms with Gasteiger partial charge in [-0.3, -0.25) is 9.59 Å². The van der Waals surface area contributed by atoms with Crippen molar-refractivity contribution in [3.8, 4) is 0 Å². The first-order valence-corrected chi connectivity index (χ1v) is 17.4. The van der Waals surface area contributed by atoms with E-state index >= 15 is 0 Å². The predicted molar refractivity (Wildman–Crippen MR) is 169 cm³/mol. The van der Waals surface area contributed by atoms with Crippen LogP contribution in [0.25, 0.3) is 0 Å². The second-order valence-corrected chi connectivity index (χ2v) is 15.2. The van der Waals surface area contributed by atoms with Gasteiger partial charge in [0.05, 0.1) is 18.8 Å². The molecule has 0 spiro atoms. The van der Waals surface area contributed by atoms with Gasteiger partial charge in [-0.1, -0.05) is 20.8 Å². The molecule has 0 aromatic heterocycles. The van der Waals surface area contributed by atoms with Crippen molar-refractivity contribution in [2.24, 2.45) is 52.2 Å². The van der Waals surface area contributed by atoms with Crippen LogP contribution in [0.4, 0.5) is 0 Å². The number of nitrogens with two attached hydrogens (primary N) is 1. The summed E-state index contributed by atoms with van der Waals surface area (Å²) in [4.78, 5) is 40.8. The van der Waals surface area contributed by atoms with Gasteiger partial charge in [0, 0.05) is 13.0 Å². The summed E-state index contributed by atoms with van der Waals surface area (Å²) in [5.74, 6) is 7.80. The maximum atomic E-state index is 12.7. The number of likely N-dealkylation sites (N-methyl/N-ethyl adjacent to an activating group) is 1. The van der Waals surface area contributed by atoms with Crippen molar-refractivity contribution < 1.29 is 29.4 Å². The fraction of sp³-hybridized carbons (Fsp3) is 0.912. The molecule has 0 heterocycles. The Morgan fingerprint density at radius 2 is 1.68 bits per heavy atom. The molecule has 11 atom stereocenters. The van der Waals surface area contributed by atoms with Gasteiger partial charge in [-0.05, 0) is 137 Å². The Bertz CT molecular complexity index is 997. The van der Waals surface area contributed by atoms with Crippen LogP contribution < -0.4 is 21.8 Å². The third-order valence-corrected chi connectivity index (χ3v) is 13.0. The second-order valence-electron chi connectivity index (χ2n) is 15.2. The fourth-order valence-electron chi connectivity index (χ4n) is 10.5. The Hall–Kier alpha value is -1.75. The highest BCUT2D eigenvalue weighted by molar-refractivity contribution is 5.87. The zero-order chi connectivity index (χ0) is 32.1. The summed E-state index contributed by atoms with van der Waals surface area (Å²) in [6, 6.07) is -1.74. The van der Waals surface area contributed by atoms with E-state index in [-0.39, 0.29) is 18.6 Å². The second kappa shape index (κ2) is 15.2. The summed E-state index contributed by atoms with van der Waals surface area (Å²) < 4.78 is 0. The Morgan fingerprint density at radius 3 is 2.39 bits per heavy atom. The van der Waals surface area contributed by atoms with Crippen LogP contribution in [-0.2, 0) is 19.2 Å². The highest BCUT2D eigenvalue weighted by atomic mass is 16.6. The molecule has 4 aliphatic carbocycles. The number of amides is 2. The normalized spacial score (nSPS) is 36.7.